The summed E-state index contributed by atoms with van der Waals surface area (Å²) in [6.45, 7) is 0. The Labute approximate surface area is 83.3 Å². The van der Waals surface area contributed by atoms with Crippen molar-refractivity contribution in [2.45, 2.75) is 5.16 Å². The maximum atomic E-state index is 11.3. The second-order valence-corrected chi connectivity index (χ2v) is 4.42. The van der Waals surface area contributed by atoms with Crippen molar-refractivity contribution >= 4 is 9.84 Å². The molecule has 0 saturated heterocycles. The molecule has 14 heavy (non-hydrogen) atoms. The van der Waals surface area contributed by atoms with Crippen molar-refractivity contribution in [3.8, 4) is 11.8 Å². The molecule has 1 rings (SSSR count). The van der Waals surface area contributed by atoms with Gasteiger partial charge in [-0.1, -0.05) is 0 Å². The number of sulfone groups is 1. The maximum absolute atomic E-state index is 11.3. The summed E-state index contributed by atoms with van der Waals surface area (Å²) in [6, 6.07) is 1.32. The molecule has 0 bridgehead atoms. The van der Waals surface area contributed by atoms with Gasteiger partial charge in [0.2, 0.25) is 0 Å². The molecule has 1 heterocycles. The van der Waals surface area contributed by atoms with E-state index in [9.17, 15) is 8.42 Å². The minimum Gasteiger partial charge on any atom is -0.465 e. The zero-order chi connectivity index (χ0) is 11.6. The fourth-order valence-corrected chi connectivity index (χ4v) is 1.27. The van der Waals surface area contributed by atoms with E-state index >= 15 is 0 Å². The molecule has 0 spiro atoms. The molecule has 1 aromatic heterocycles. The number of methoxy groups -OCH3 is 2. The lowest BCUT2D eigenvalue weighted by Gasteiger charge is -1.97. The van der Waals surface area contributed by atoms with Gasteiger partial charge < -0.3 is 9.47 Å². The highest BCUT2D eigenvalue weighted by atomic mass is 32.2. The first-order valence-electron chi connectivity index (χ1n) is 4.09. The minimum atomic E-state index is -3.59. The van der Waals surface area contributed by atoms with Gasteiger partial charge in [-0.15, -0.1) is 0 Å². The third-order valence-electron chi connectivity index (χ3n) is 1.41. The smallest absolute Gasteiger partial charge is 0.421 e. The van der Waals surface area contributed by atoms with Gasteiger partial charge in [-0.3, -0.25) is 0 Å². The minimum absolute atomic E-state index is 0.0299. The zero-order valence-electron chi connectivity index (χ0n) is 9.01. The molecule has 0 atom stereocenters. The van der Waals surface area contributed by atoms with Crippen molar-refractivity contribution < 1.29 is 24.3 Å². The highest BCUT2D eigenvalue weighted by molar-refractivity contribution is 7.90. The number of H-pyrrole nitrogens is 1. The number of ether oxygens (including phenoxy) is 2. The van der Waals surface area contributed by atoms with Crippen molar-refractivity contribution in [3.05, 3.63) is 6.07 Å². The summed E-state index contributed by atoms with van der Waals surface area (Å²) >= 11 is 0. The molecule has 1 N–H and O–H groups in total. The van der Waals surface area contributed by atoms with Crippen molar-refractivity contribution in [2.24, 2.45) is 0 Å². The number of nitrogens with one attached hydrogen (secondary N) is 1. The molecule has 0 saturated carbocycles. The standard InChI is InChI=1S/C7H10N2O4S/c1-12-5-4-6(13-2)9-7(8-5)14(3,10)11/h4H,1-3H3/p+1/i/hD. The summed E-state index contributed by atoms with van der Waals surface area (Å²) < 4.78 is 39.6. The maximum Gasteiger partial charge on any atom is 0.421 e. The zero-order valence-corrected chi connectivity index (χ0v) is 8.83. The second-order valence-electron chi connectivity index (χ2n) is 2.51. The molecule has 0 aliphatic rings. The van der Waals surface area contributed by atoms with Gasteiger partial charge in [-0.2, -0.15) is 4.98 Å². The molecular formula is C7H11N2O4S+. The highest BCUT2D eigenvalue weighted by Gasteiger charge is 2.23. The molecule has 0 unspecified atom stereocenters. The Hall–Kier alpha value is -1.37. The van der Waals surface area contributed by atoms with E-state index in [1.165, 1.54) is 20.3 Å². The highest BCUT2D eigenvalue weighted by Crippen LogP contribution is 2.12. The van der Waals surface area contributed by atoms with Gasteiger partial charge in [0.1, 0.15) is 6.07 Å². The van der Waals surface area contributed by atoms with Crippen molar-refractivity contribution in [3.63, 3.8) is 0 Å². The Morgan fingerprint density at radius 1 is 1.50 bits per heavy atom. The fourth-order valence-electron chi connectivity index (χ4n) is 0.759. The first-order valence-corrected chi connectivity index (χ1v) is 5.53. The lowest BCUT2D eigenvalue weighted by molar-refractivity contribution is -0.447. The lowest BCUT2D eigenvalue weighted by Crippen LogP contribution is -2.20. The van der Waals surface area contributed by atoms with Crippen LogP contribution in [0.25, 0.3) is 0 Å². The van der Waals surface area contributed by atoms with E-state index in [4.69, 9.17) is 10.9 Å². The molecule has 78 valence electrons. The van der Waals surface area contributed by atoms with Crippen molar-refractivity contribution in [1.29, 1.82) is 0 Å². The van der Waals surface area contributed by atoms with E-state index < -0.39 is 15.0 Å². The summed E-state index contributed by atoms with van der Waals surface area (Å²) in [6.07, 6.45) is 0.958. The summed E-state index contributed by atoms with van der Waals surface area (Å²) in [7, 11) is -0.920. The molecular weight excluding hydrogens is 208 g/mol. The van der Waals surface area contributed by atoms with Crippen LogP contribution in [0.2, 0.25) is 1.41 Å². The summed E-state index contributed by atoms with van der Waals surface area (Å²) in [5.41, 5.74) is 0. The first-order chi connectivity index (χ1) is 6.90. The van der Waals surface area contributed by atoms with Gasteiger partial charge >= 0.3 is 12.4 Å². The number of aromatic nitrogens is 2. The molecule has 6 nitrogen and oxygen atoms in total. The molecule has 7 heteroatoms. The molecule has 0 aromatic carbocycles. The average Bonchev–Trinajstić information content (AvgIpc) is 2.16. The predicted octanol–water partition coefficient (Wildman–Crippen LogP) is -0.684. The number of hydrogen-bond donors (Lipinski definition) is 0. The molecule has 0 aliphatic carbocycles. The average molecular weight is 220 g/mol. The monoisotopic (exact) mass is 220 g/mol. The number of nitrogens with zero attached hydrogens (tertiary/aromatic N) is 1. The van der Waals surface area contributed by atoms with Gasteiger partial charge in [-0.25, -0.2) is 8.42 Å². The largest absolute Gasteiger partial charge is 0.465 e. The molecule has 0 radical (unpaired) electrons. The normalized spacial score (nSPS) is 12.1. The fraction of sp³-hybridized carbons (Fsp3) is 0.429. The van der Waals surface area contributed by atoms with E-state index in [2.05, 4.69) is 4.98 Å². The topological polar surface area (TPSA) is 79.6 Å². The second kappa shape index (κ2) is 3.79. The van der Waals surface area contributed by atoms with Gasteiger partial charge in [-0.05, 0) is 0 Å². The Balaban J connectivity index is 3.51. The van der Waals surface area contributed by atoms with Crippen LogP contribution in [0.5, 0.6) is 11.8 Å². The van der Waals surface area contributed by atoms with Gasteiger partial charge in [0.15, 0.2) is 0 Å². The van der Waals surface area contributed by atoms with Crippen molar-refractivity contribution in [1.82, 2.24) is 4.98 Å². The Morgan fingerprint density at radius 3 is 2.57 bits per heavy atom. The molecule has 0 amide bonds. The third kappa shape index (κ3) is 2.32. The summed E-state index contributed by atoms with van der Waals surface area (Å²) in [5, 5.41) is -0.432. The number of rotatable bonds is 3. The van der Waals surface area contributed by atoms with E-state index in [-0.39, 0.29) is 11.8 Å². The first kappa shape index (κ1) is 9.20. The van der Waals surface area contributed by atoms with Crippen LogP contribution in [0.15, 0.2) is 11.2 Å². The van der Waals surface area contributed by atoms with E-state index in [0.29, 0.717) is 4.98 Å². The van der Waals surface area contributed by atoms with Crippen LogP contribution in [0.1, 0.15) is 0 Å². The molecule has 0 aliphatic heterocycles. The number of hydrogen-bond acceptors (Lipinski definition) is 5. The van der Waals surface area contributed by atoms with Crippen LogP contribution < -0.4 is 14.5 Å². The third-order valence-corrected chi connectivity index (χ3v) is 2.25. The van der Waals surface area contributed by atoms with E-state index in [0.717, 1.165) is 6.26 Å². The van der Waals surface area contributed by atoms with Gasteiger partial charge in [0.25, 0.3) is 15.7 Å². The summed E-state index contributed by atoms with van der Waals surface area (Å²) in [4.78, 5) is 4.25. The van der Waals surface area contributed by atoms with Gasteiger partial charge in [0.05, 0.1) is 20.5 Å². The van der Waals surface area contributed by atoms with Gasteiger partial charge in [0, 0.05) is 4.98 Å². The van der Waals surface area contributed by atoms with E-state index in [1.807, 2.05) is 0 Å². The SMILES string of the molecule is [2H][n+]1c(OC)cc(OC)nc1S(C)(=O)=O. The Kier molecular flexibility index (Phi) is 2.49. The number of aromatic amines is 1. The molecule has 0 fully saturated rings. The van der Waals surface area contributed by atoms with Crippen LogP contribution >= 0.6 is 0 Å². The Bertz CT molecular complexity index is 474. The van der Waals surface area contributed by atoms with Crippen LogP contribution in [-0.4, -0.2) is 33.9 Å². The quantitative estimate of drug-likeness (QED) is 0.630. The van der Waals surface area contributed by atoms with Crippen LogP contribution in [0.4, 0.5) is 0 Å². The van der Waals surface area contributed by atoms with Crippen LogP contribution in [0.3, 0.4) is 0 Å². The summed E-state index contributed by atoms with van der Waals surface area (Å²) in [5.74, 6) is 0.109. The lowest BCUT2D eigenvalue weighted by atomic mass is 10.6. The van der Waals surface area contributed by atoms with Crippen molar-refractivity contribution in [2.75, 3.05) is 20.5 Å². The van der Waals surface area contributed by atoms with E-state index in [1.54, 1.807) is 0 Å². The molecule has 1 aromatic rings. The predicted molar refractivity (Wildman–Crippen MR) is 47.0 cm³/mol. The Morgan fingerprint density at radius 2 is 2.14 bits per heavy atom. The van der Waals surface area contributed by atoms with Crippen LogP contribution in [-0.2, 0) is 9.84 Å². The van der Waals surface area contributed by atoms with Crippen LogP contribution in [0, 0.1) is 0 Å².